The zero-order valence-electron chi connectivity index (χ0n) is 6.90. The highest BCUT2D eigenvalue weighted by molar-refractivity contribution is 5.69. The van der Waals surface area contributed by atoms with E-state index >= 15 is 0 Å². The molecule has 0 aromatic carbocycles. The molecule has 0 bridgehead atoms. The van der Waals surface area contributed by atoms with Gasteiger partial charge in [-0.3, -0.25) is 0 Å². The molecule has 0 aliphatic heterocycles. The minimum absolute atomic E-state index is 0.0441. The van der Waals surface area contributed by atoms with Crippen molar-refractivity contribution in [2.45, 2.75) is 26.7 Å². The van der Waals surface area contributed by atoms with E-state index in [0.717, 1.165) is 0 Å². The van der Waals surface area contributed by atoms with Gasteiger partial charge in [0, 0.05) is 0 Å². The van der Waals surface area contributed by atoms with Gasteiger partial charge in [-0.05, 0) is 0 Å². The number of rotatable bonds is 4. The zero-order chi connectivity index (χ0) is 9.56. The lowest BCUT2D eigenvalue weighted by Crippen LogP contribution is -2.18. The molecule has 0 aliphatic carbocycles. The second-order valence-corrected chi connectivity index (χ2v) is 1.86. The predicted molar refractivity (Wildman–Crippen MR) is 36.4 cm³/mol. The van der Waals surface area contributed by atoms with Gasteiger partial charge in [0.05, 0.1) is 12.8 Å². The lowest BCUT2D eigenvalue weighted by Gasteiger charge is -1.87. The largest absolute Gasteiger partial charge is 0.495 e. The number of hydrogen-bond acceptors (Lipinski definition) is 5. The van der Waals surface area contributed by atoms with Crippen LogP contribution in [0.1, 0.15) is 26.7 Å². The summed E-state index contributed by atoms with van der Waals surface area (Å²) in [4.78, 5) is 39.2. The number of carbonyl (C=O) groups is 2. The molecule has 0 spiro atoms. The first-order chi connectivity index (χ1) is 5.60. The third kappa shape index (κ3) is 4.37. The SMILES string of the molecule is CCC(=O)O[N+](=O)OC(=O)CC. The van der Waals surface area contributed by atoms with Gasteiger partial charge in [-0.25, -0.2) is 9.59 Å². The summed E-state index contributed by atoms with van der Waals surface area (Å²) >= 11 is 0. The lowest BCUT2D eigenvalue weighted by molar-refractivity contribution is -0.945. The smallest absolute Gasteiger partial charge is 0.244 e. The third-order valence-electron chi connectivity index (χ3n) is 0.930. The van der Waals surface area contributed by atoms with Crippen molar-refractivity contribution in [3.05, 3.63) is 4.91 Å². The topological polar surface area (TPSA) is 72.7 Å². The van der Waals surface area contributed by atoms with Crippen LogP contribution in [0.15, 0.2) is 0 Å². The Kier molecular flexibility index (Phi) is 4.59. The molecule has 0 unspecified atom stereocenters. The van der Waals surface area contributed by atoms with Crippen LogP contribution in [0.4, 0.5) is 0 Å². The molecule has 0 N–H and O–H groups in total. The quantitative estimate of drug-likeness (QED) is 0.583. The van der Waals surface area contributed by atoms with Crippen molar-refractivity contribution in [1.82, 2.24) is 0 Å². The van der Waals surface area contributed by atoms with Crippen molar-refractivity contribution in [2.24, 2.45) is 0 Å². The molecule has 68 valence electrons. The summed E-state index contributed by atoms with van der Waals surface area (Å²) in [5.74, 6) is -1.51. The van der Waals surface area contributed by atoms with Crippen LogP contribution < -0.4 is 0 Å². The minimum atomic E-state index is -0.756. The molecule has 0 aromatic heterocycles. The molecule has 0 aromatic rings. The molecule has 6 heteroatoms. The molecular weight excluding hydrogens is 166 g/mol. The van der Waals surface area contributed by atoms with E-state index in [-0.39, 0.29) is 12.8 Å². The first kappa shape index (κ1) is 10.5. The Morgan fingerprint density at radius 1 is 1.08 bits per heavy atom. The standard InChI is InChI=1S/C6H10NO5/c1-3-5(8)11-7(10)12-6(9)4-2/h3-4H2,1-2H3/q+1. The molecule has 0 saturated heterocycles. The Morgan fingerprint density at radius 2 is 1.42 bits per heavy atom. The predicted octanol–water partition coefficient (Wildman–Crippen LogP) is 0.502. The Hall–Kier alpha value is -1.46. The average Bonchev–Trinajstić information content (AvgIpc) is 2.03. The lowest BCUT2D eigenvalue weighted by atomic mass is 10.5. The summed E-state index contributed by atoms with van der Waals surface area (Å²) < 4.78 is 0. The monoisotopic (exact) mass is 176 g/mol. The van der Waals surface area contributed by atoms with Crippen LogP contribution >= 0.6 is 0 Å². The first-order valence-corrected chi connectivity index (χ1v) is 3.49. The Morgan fingerprint density at radius 3 is 1.67 bits per heavy atom. The van der Waals surface area contributed by atoms with Crippen molar-refractivity contribution in [3.8, 4) is 0 Å². The Labute approximate surface area is 68.9 Å². The molecule has 0 aliphatic rings. The van der Waals surface area contributed by atoms with E-state index in [1.807, 2.05) is 0 Å². The molecule has 6 nitrogen and oxygen atoms in total. The summed E-state index contributed by atoms with van der Waals surface area (Å²) in [6.07, 6.45) is 0.0881. The van der Waals surface area contributed by atoms with Crippen LogP contribution in [0.5, 0.6) is 0 Å². The fourth-order valence-electron chi connectivity index (χ4n) is 0.314. The third-order valence-corrected chi connectivity index (χ3v) is 0.930. The molecule has 0 radical (unpaired) electrons. The van der Waals surface area contributed by atoms with Crippen LogP contribution in [0.2, 0.25) is 0 Å². The van der Waals surface area contributed by atoms with E-state index in [1.165, 1.54) is 13.8 Å². The Balaban J connectivity index is 3.74. The van der Waals surface area contributed by atoms with Crippen molar-refractivity contribution in [1.29, 1.82) is 0 Å². The summed E-state index contributed by atoms with van der Waals surface area (Å²) in [7, 11) is 0. The maximum Gasteiger partial charge on any atom is 0.495 e. The van der Waals surface area contributed by atoms with Gasteiger partial charge in [-0.2, -0.15) is 0 Å². The average molecular weight is 176 g/mol. The summed E-state index contributed by atoms with van der Waals surface area (Å²) in [5.41, 5.74) is 0. The van der Waals surface area contributed by atoms with Crippen LogP contribution in [0.25, 0.3) is 0 Å². The summed E-state index contributed by atoms with van der Waals surface area (Å²) in [5, 5.41) is -0.488. The van der Waals surface area contributed by atoms with Gasteiger partial charge in [0.25, 0.3) is 0 Å². The molecular formula is C6H10NO5+. The second kappa shape index (κ2) is 5.22. The van der Waals surface area contributed by atoms with Gasteiger partial charge in [0.1, 0.15) is 4.91 Å². The molecule has 0 saturated carbocycles. The van der Waals surface area contributed by atoms with Gasteiger partial charge in [0.2, 0.25) is 0 Å². The van der Waals surface area contributed by atoms with Crippen molar-refractivity contribution < 1.29 is 24.4 Å². The number of hydrogen-bond donors (Lipinski definition) is 0. The zero-order valence-corrected chi connectivity index (χ0v) is 6.90. The maximum atomic E-state index is 10.4. The van der Waals surface area contributed by atoms with Crippen LogP contribution in [0.3, 0.4) is 0 Å². The molecule has 12 heavy (non-hydrogen) atoms. The molecule has 0 rings (SSSR count). The Bertz CT molecular complexity index is 180. The number of carbonyl (C=O) groups excluding carboxylic acids is 2. The van der Waals surface area contributed by atoms with E-state index in [4.69, 9.17) is 0 Å². The van der Waals surface area contributed by atoms with Crippen molar-refractivity contribution >= 4 is 11.9 Å². The summed E-state index contributed by atoms with van der Waals surface area (Å²) in [6.45, 7) is 3.02. The van der Waals surface area contributed by atoms with E-state index in [1.54, 1.807) is 0 Å². The normalized spacial score (nSPS) is 8.83. The van der Waals surface area contributed by atoms with Crippen molar-refractivity contribution in [3.63, 3.8) is 0 Å². The highest BCUT2D eigenvalue weighted by Crippen LogP contribution is 1.90. The van der Waals surface area contributed by atoms with E-state index in [2.05, 4.69) is 9.68 Å². The van der Waals surface area contributed by atoms with Gasteiger partial charge in [-0.1, -0.05) is 13.8 Å². The fraction of sp³-hybridized carbons (Fsp3) is 0.667. The minimum Gasteiger partial charge on any atom is -0.244 e. The van der Waals surface area contributed by atoms with Crippen molar-refractivity contribution in [2.75, 3.05) is 0 Å². The molecule has 0 atom stereocenters. The first-order valence-electron chi connectivity index (χ1n) is 3.49. The van der Waals surface area contributed by atoms with Gasteiger partial charge in [-0.15, -0.1) is 9.68 Å². The number of nitrogens with zero attached hydrogens (tertiary/aromatic N) is 1. The molecule has 0 fully saturated rings. The highest BCUT2D eigenvalue weighted by Gasteiger charge is 2.22. The van der Waals surface area contributed by atoms with Crippen LogP contribution in [-0.4, -0.2) is 17.0 Å². The maximum absolute atomic E-state index is 10.4. The molecule has 0 heterocycles. The van der Waals surface area contributed by atoms with Gasteiger partial charge in [0.15, 0.2) is 0 Å². The van der Waals surface area contributed by atoms with Crippen LogP contribution in [-0.2, 0) is 19.3 Å². The van der Waals surface area contributed by atoms with E-state index in [0.29, 0.717) is 0 Å². The second-order valence-electron chi connectivity index (χ2n) is 1.86. The fourth-order valence-corrected chi connectivity index (χ4v) is 0.314. The van der Waals surface area contributed by atoms with Gasteiger partial charge < -0.3 is 0 Å². The summed E-state index contributed by atoms with van der Waals surface area (Å²) in [6, 6.07) is 0. The van der Waals surface area contributed by atoms with Gasteiger partial charge >= 0.3 is 17.0 Å². The highest BCUT2D eigenvalue weighted by atomic mass is 17.0. The van der Waals surface area contributed by atoms with Crippen LogP contribution in [0, 0.1) is 4.91 Å². The van der Waals surface area contributed by atoms with E-state index in [9.17, 15) is 14.5 Å². The molecule has 0 amide bonds. The van der Waals surface area contributed by atoms with E-state index < -0.39 is 17.0 Å².